The number of nitrogens with one attached hydrogen (secondary N) is 1. The number of fused-ring (bicyclic) bond motifs is 1. The van der Waals surface area contributed by atoms with Crippen molar-refractivity contribution < 1.29 is 0 Å². The highest BCUT2D eigenvalue weighted by atomic mass is 15.2. The summed E-state index contributed by atoms with van der Waals surface area (Å²) >= 11 is 0. The Labute approximate surface area is 121 Å². The Morgan fingerprint density at radius 3 is 2.90 bits per heavy atom. The largest absolute Gasteiger partial charge is 0.353 e. The Hall–Kier alpha value is -1.09. The topological polar surface area (TPSA) is 28.2 Å². The second-order valence-electron chi connectivity index (χ2n) is 6.74. The van der Waals surface area contributed by atoms with Crippen molar-refractivity contribution in [2.24, 2.45) is 5.92 Å². The SMILES string of the molecule is c1cc(CNC2CC2)nc(N2CCC3CCCCC32)c1. The van der Waals surface area contributed by atoms with Gasteiger partial charge in [0.05, 0.1) is 5.69 Å². The Balaban J connectivity index is 1.47. The average Bonchev–Trinajstić information content (AvgIpc) is 3.23. The molecule has 1 aliphatic heterocycles. The maximum Gasteiger partial charge on any atom is 0.129 e. The summed E-state index contributed by atoms with van der Waals surface area (Å²) < 4.78 is 0. The summed E-state index contributed by atoms with van der Waals surface area (Å²) in [5, 5.41) is 3.57. The van der Waals surface area contributed by atoms with Crippen molar-refractivity contribution in [3.63, 3.8) is 0 Å². The van der Waals surface area contributed by atoms with Crippen molar-refractivity contribution in [1.29, 1.82) is 0 Å². The lowest BCUT2D eigenvalue weighted by atomic mass is 9.85. The molecule has 0 amide bonds. The molecule has 2 saturated carbocycles. The second-order valence-corrected chi connectivity index (χ2v) is 6.74. The van der Waals surface area contributed by atoms with E-state index in [1.54, 1.807) is 0 Å². The average molecular weight is 271 g/mol. The van der Waals surface area contributed by atoms with Crippen LogP contribution < -0.4 is 10.2 Å². The summed E-state index contributed by atoms with van der Waals surface area (Å²) in [5.74, 6) is 2.15. The van der Waals surface area contributed by atoms with Gasteiger partial charge in [-0.1, -0.05) is 18.9 Å². The van der Waals surface area contributed by atoms with Crippen LogP contribution in [0.4, 0.5) is 5.82 Å². The van der Waals surface area contributed by atoms with Gasteiger partial charge in [-0.2, -0.15) is 0 Å². The van der Waals surface area contributed by atoms with Crippen molar-refractivity contribution in [3.8, 4) is 0 Å². The summed E-state index contributed by atoms with van der Waals surface area (Å²) in [4.78, 5) is 7.50. The minimum absolute atomic E-state index is 0.759. The molecule has 1 saturated heterocycles. The van der Waals surface area contributed by atoms with E-state index in [0.717, 1.165) is 24.5 Å². The first-order chi connectivity index (χ1) is 9.90. The van der Waals surface area contributed by atoms with Gasteiger partial charge >= 0.3 is 0 Å². The molecule has 3 aliphatic rings. The third-order valence-corrected chi connectivity index (χ3v) is 5.25. The molecule has 4 rings (SSSR count). The van der Waals surface area contributed by atoms with Gasteiger partial charge in [0.25, 0.3) is 0 Å². The highest BCUT2D eigenvalue weighted by molar-refractivity contribution is 5.42. The van der Waals surface area contributed by atoms with Crippen LogP contribution in [-0.4, -0.2) is 23.6 Å². The van der Waals surface area contributed by atoms with Crippen molar-refractivity contribution >= 4 is 5.82 Å². The highest BCUT2D eigenvalue weighted by Crippen LogP contribution is 2.38. The number of rotatable bonds is 4. The zero-order valence-corrected chi connectivity index (χ0v) is 12.2. The standard InChI is InChI=1S/C17H25N3/c1-2-6-16-13(4-1)10-11-20(16)17-7-3-5-15(19-17)12-18-14-8-9-14/h3,5,7,13-14,16,18H,1-2,4,6,8-12H2. The van der Waals surface area contributed by atoms with Gasteiger partial charge in [-0.05, 0) is 50.2 Å². The fraction of sp³-hybridized carbons (Fsp3) is 0.706. The van der Waals surface area contributed by atoms with Crippen molar-refractivity contribution in [2.45, 2.75) is 63.6 Å². The van der Waals surface area contributed by atoms with E-state index >= 15 is 0 Å². The summed E-state index contributed by atoms with van der Waals surface area (Å²) in [6.07, 6.45) is 9.71. The molecule has 3 fully saturated rings. The molecule has 0 bridgehead atoms. The van der Waals surface area contributed by atoms with E-state index < -0.39 is 0 Å². The minimum atomic E-state index is 0.759. The van der Waals surface area contributed by atoms with E-state index in [-0.39, 0.29) is 0 Å². The number of hydrogen-bond donors (Lipinski definition) is 1. The van der Waals surface area contributed by atoms with Gasteiger partial charge in [0.2, 0.25) is 0 Å². The maximum absolute atomic E-state index is 4.91. The van der Waals surface area contributed by atoms with E-state index in [4.69, 9.17) is 4.98 Å². The lowest BCUT2D eigenvalue weighted by Crippen LogP contribution is -2.35. The molecule has 3 nitrogen and oxygen atoms in total. The molecule has 0 spiro atoms. The Morgan fingerprint density at radius 2 is 2.00 bits per heavy atom. The Morgan fingerprint density at radius 1 is 1.10 bits per heavy atom. The predicted octanol–water partition coefficient (Wildman–Crippen LogP) is 3.10. The van der Waals surface area contributed by atoms with Crippen molar-refractivity contribution in [3.05, 3.63) is 23.9 Å². The minimum Gasteiger partial charge on any atom is -0.353 e. The summed E-state index contributed by atoms with van der Waals surface area (Å²) in [6.45, 7) is 2.14. The van der Waals surface area contributed by atoms with Crippen molar-refractivity contribution in [1.82, 2.24) is 10.3 Å². The van der Waals surface area contributed by atoms with Gasteiger partial charge in [0.1, 0.15) is 5.82 Å². The summed E-state index contributed by atoms with van der Waals surface area (Å²) in [7, 11) is 0. The number of aromatic nitrogens is 1. The van der Waals surface area contributed by atoms with Crippen LogP contribution in [-0.2, 0) is 6.54 Å². The quantitative estimate of drug-likeness (QED) is 0.912. The molecule has 0 radical (unpaired) electrons. The van der Waals surface area contributed by atoms with Gasteiger partial charge in [0.15, 0.2) is 0 Å². The van der Waals surface area contributed by atoms with Crippen LogP contribution in [0.5, 0.6) is 0 Å². The van der Waals surface area contributed by atoms with E-state index in [1.807, 2.05) is 0 Å². The third-order valence-electron chi connectivity index (χ3n) is 5.25. The fourth-order valence-electron chi connectivity index (χ4n) is 3.95. The normalized spacial score (nSPS) is 29.5. The molecule has 2 heterocycles. The molecule has 2 atom stereocenters. The molecule has 1 aromatic heterocycles. The van der Waals surface area contributed by atoms with Crippen LogP contribution >= 0.6 is 0 Å². The van der Waals surface area contributed by atoms with Crippen LogP contribution in [0.1, 0.15) is 50.6 Å². The molecule has 20 heavy (non-hydrogen) atoms. The van der Waals surface area contributed by atoms with Gasteiger partial charge in [-0.3, -0.25) is 0 Å². The van der Waals surface area contributed by atoms with E-state index in [0.29, 0.717) is 0 Å². The first-order valence-electron chi connectivity index (χ1n) is 8.36. The molecule has 1 N–H and O–H groups in total. The smallest absolute Gasteiger partial charge is 0.129 e. The van der Waals surface area contributed by atoms with Crippen molar-refractivity contribution in [2.75, 3.05) is 11.4 Å². The summed E-state index contributed by atoms with van der Waals surface area (Å²) in [5.41, 5.74) is 1.20. The fourth-order valence-corrected chi connectivity index (χ4v) is 3.95. The molecule has 0 aromatic carbocycles. The van der Waals surface area contributed by atoms with Gasteiger partial charge in [0, 0.05) is 25.2 Å². The van der Waals surface area contributed by atoms with Crippen LogP contribution in [0, 0.1) is 5.92 Å². The summed E-state index contributed by atoms with van der Waals surface area (Å²) in [6, 6.07) is 8.07. The van der Waals surface area contributed by atoms with E-state index in [9.17, 15) is 0 Å². The monoisotopic (exact) mass is 271 g/mol. The molecule has 2 unspecified atom stereocenters. The lowest BCUT2D eigenvalue weighted by Gasteiger charge is -2.32. The van der Waals surface area contributed by atoms with Gasteiger partial charge < -0.3 is 10.2 Å². The number of nitrogens with zero attached hydrogens (tertiary/aromatic N) is 2. The molecule has 3 heteroatoms. The van der Waals surface area contributed by atoms with Crippen LogP contribution in [0.15, 0.2) is 18.2 Å². The number of pyridine rings is 1. The highest BCUT2D eigenvalue weighted by Gasteiger charge is 2.36. The van der Waals surface area contributed by atoms with Gasteiger partial charge in [-0.25, -0.2) is 4.98 Å². The van der Waals surface area contributed by atoms with Gasteiger partial charge in [-0.15, -0.1) is 0 Å². The zero-order chi connectivity index (χ0) is 13.4. The van der Waals surface area contributed by atoms with Crippen LogP contribution in [0.3, 0.4) is 0 Å². The predicted molar refractivity (Wildman–Crippen MR) is 81.8 cm³/mol. The molecular formula is C17H25N3. The van der Waals surface area contributed by atoms with Crippen LogP contribution in [0.2, 0.25) is 0 Å². The molecule has 108 valence electrons. The maximum atomic E-state index is 4.91. The molecule has 1 aromatic rings. The first-order valence-corrected chi connectivity index (χ1v) is 8.36. The second kappa shape index (κ2) is 5.36. The van der Waals surface area contributed by atoms with E-state index in [2.05, 4.69) is 28.4 Å². The third kappa shape index (κ3) is 2.56. The van der Waals surface area contributed by atoms with E-state index in [1.165, 1.54) is 63.0 Å². The Kier molecular flexibility index (Phi) is 3.39. The first kappa shape index (κ1) is 12.6. The number of hydrogen-bond acceptors (Lipinski definition) is 3. The van der Waals surface area contributed by atoms with Crippen LogP contribution in [0.25, 0.3) is 0 Å². The molecular weight excluding hydrogens is 246 g/mol. The lowest BCUT2D eigenvalue weighted by molar-refractivity contribution is 0.341. The Bertz CT molecular complexity index is 469. The molecule has 2 aliphatic carbocycles. The number of anilines is 1. The zero-order valence-electron chi connectivity index (χ0n) is 12.2.